The molecule has 0 atom stereocenters. The minimum absolute atomic E-state index is 0.308. The standard InChI is InChI=1S/C17H16N2O5/c1-10-15(16(19-24-10)13-5-4-8-23-13)17(20)18-12-7-6-11(21-2)9-14(12)22-3/h4-9H,1-3H3,(H,18,20). The van der Waals surface area contributed by atoms with Crippen LogP contribution in [-0.4, -0.2) is 25.3 Å². The molecule has 3 rings (SSSR count). The van der Waals surface area contributed by atoms with Crippen molar-refractivity contribution in [3.8, 4) is 23.0 Å². The minimum Gasteiger partial charge on any atom is -0.497 e. The molecular formula is C17H16N2O5. The maximum Gasteiger partial charge on any atom is 0.261 e. The number of nitrogens with one attached hydrogen (secondary N) is 1. The summed E-state index contributed by atoms with van der Waals surface area (Å²) >= 11 is 0. The number of furan rings is 1. The lowest BCUT2D eigenvalue weighted by molar-refractivity contribution is 0.102. The highest BCUT2D eigenvalue weighted by Gasteiger charge is 2.24. The molecule has 0 radical (unpaired) electrons. The molecule has 0 spiro atoms. The highest BCUT2D eigenvalue weighted by Crippen LogP contribution is 2.31. The molecule has 24 heavy (non-hydrogen) atoms. The maximum absolute atomic E-state index is 12.7. The second-order valence-electron chi connectivity index (χ2n) is 4.96. The van der Waals surface area contributed by atoms with Crippen molar-refractivity contribution in [2.24, 2.45) is 0 Å². The highest BCUT2D eigenvalue weighted by atomic mass is 16.5. The van der Waals surface area contributed by atoms with Crippen molar-refractivity contribution in [2.45, 2.75) is 6.92 Å². The van der Waals surface area contributed by atoms with E-state index in [9.17, 15) is 4.79 Å². The molecule has 0 saturated heterocycles. The summed E-state index contributed by atoms with van der Waals surface area (Å²) in [5, 5.41) is 6.71. The van der Waals surface area contributed by atoms with E-state index in [1.807, 2.05) is 0 Å². The lowest BCUT2D eigenvalue weighted by Gasteiger charge is -2.11. The number of benzene rings is 1. The third-order valence-electron chi connectivity index (χ3n) is 3.50. The third-order valence-corrected chi connectivity index (χ3v) is 3.50. The van der Waals surface area contributed by atoms with Gasteiger partial charge in [0.25, 0.3) is 5.91 Å². The number of methoxy groups -OCH3 is 2. The van der Waals surface area contributed by atoms with Crippen LogP contribution in [0.15, 0.2) is 45.5 Å². The Labute approximate surface area is 138 Å². The van der Waals surface area contributed by atoms with E-state index >= 15 is 0 Å². The summed E-state index contributed by atoms with van der Waals surface area (Å²) in [4.78, 5) is 12.7. The molecule has 1 N–H and O–H groups in total. The average molecular weight is 328 g/mol. The van der Waals surface area contributed by atoms with Gasteiger partial charge in [0.1, 0.15) is 22.8 Å². The number of hydrogen-bond donors (Lipinski definition) is 1. The fourth-order valence-corrected chi connectivity index (χ4v) is 2.31. The quantitative estimate of drug-likeness (QED) is 0.771. The van der Waals surface area contributed by atoms with E-state index in [1.165, 1.54) is 13.4 Å². The van der Waals surface area contributed by atoms with Gasteiger partial charge in [-0.15, -0.1) is 0 Å². The van der Waals surface area contributed by atoms with Crippen LogP contribution in [0.3, 0.4) is 0 Å². The molecule has 2 heterocycles. The van der Waals surface area contributed by atoms with Gasteiger partial charge >= 0.3 is 0 Å². The van der Waals surface area contributed by atoms with Gasteiger partial charge in [0.05, 0.1) is 26.2 Å². The first kappa shape index (κ1) is 15.7. The van der Waals surface area contributed by atoms with Crippen molar-refractivity contribution in [1.29, 1.82) is 0 Å². The Balaban J connectivity index is 1.93. The van der Waals surface area contributed by atoms with Crippen LogP contribution in [0.1, 0.15) is 16.1 Å². The monoisotopic (exact) mass is 328 g/mol. The van der Waals surface area contributed by atoms with E-state index < -0.39 is 0 Å². The molecule has 0 aliphatic rings. The SMILES string of the molecule is COc1ccc(NC(=O)c2c(-c3ccco3)noc2C)c(OC)c1. The highest BCUT2D eigenvalue weighted by molar-refractivity contribution is 6.09. The molecule has 1 amide bonds. The van der Waals surface area contributed by atoms with Gasteiger partial charge in [-0.05, 0) is 31.2 Å². The summed E-state index contributed by atoms with van der Waals surface area (Å²) in [6.45, 7) is 1.67. The number of carbonyl (C=O) groups excluding carboxylic acids is 1. The molecule has 1 aromatic carbocycles. The number of aryl methyl sites for hydroxylation is 1. The molecule has 0 unspecified atom stereocenters. The summed E-state index contributed by atoms with van der Waals surface area (Å²) in [7, 11) is 3.08. The Kier molecular flexibility index (Phi) is 4.24. The number of carbonyl (C=O) groups is 1. The van der Waals surface area contributed by atoms with Crippen LogP contribution in [-0.2, 0) is 0 Å². The summed E-state index contributed by atoms with van der Waals surface area (Å²) in [5.74, 6) is 1.59. The van der Waals surface area contributed by atoms with Crippen molar-refractivity contribution >= 4 is 11.6 Å². The second-order valence-corrected chi connectivity index (χ2v) is 4.96. The Morgan fingerprint density at radius 1 is 1.21 bits per heavy atom. The first-order chi connectivity index (χ1) is 11.6. The van der Waals surface area contributed by atoms with Gasteiger partial charge < -0.3 is 23.7 Å². The molecule has 0 aliphatic carbocycles. The molecule has 0 fully saturated rings. The largest absolute Gasteiger partial charge is 0.497 e. The molecule has 0 saturated carbocycles. The number of hydrogen-bond acceptors (Lipinski definition) is 6. The molecule has 7 nitrogen and oxygen atoms in total. The molecular weight excluding hydrogens is 312 g/mol. The zero-order valence-corrected chi connectivity index (χ0v) is 13.5. The van der Waals surface area contributed by atoms with E-state index in [4.69, 9.17) is 18.4 Å². The average Bonchev–Trinajstić information content (AvgIpc) is 3.24. The maximum atomic E-state index is 12.7. The van der Waals surface area contributed by atoms with E-state index in [1.54, 1.807) is 44.4 Å². The topological polar surface area (TPSA) is 86.7 Å². The Bertz CT molecular complexity index is 852. The molecule has 2 aromatic heterocycles. The van der Waals surface area contributed by atoms with Crippen molar-refractivity contribution in [2.75, 3.05) is 19.5 Å². The molecule has 7 heteroatoms. The van der Waals surface area contributed by atoms with Gasteiger partial charge in [-0.2, -0.15) is 0 Å². The Morgan fingerprint density at radius 2 is 2.04 bits per heavy atom. The van der Waals surface area contributed by atoms with Crippen LogP contribution < -0.4 is 14.8 Å². The van der Waals surface area contributed by atoms with Crippen LogP contribution in [0.25, 0.3) is 11.5 Å². The Hall–Kier alpha value is -3.22. The zero-order valence-electron chi connectivity index (χ0n) is 13.5. The fourth-order valence-electron chi connectivity index (χ4n) is 2.31. The number of amides is 1. The van der Waals surface area contributed by atoms with E-state index in [0.717, 1.165) is 0 Å². The summed E-state index contributed by atoms with van der Waals surface area (Å²) < 4.78 is 20.9. The molecule has 124 valence electrons. The number of aromatic nitrogens is 1. The lowest BCUT2D eigenvalue weighted by Crippen LogP contribution is -2.14. The van der Waals surface area contributed by atoms with Gasteiger partial charge in [-0.25, -0.2) is 0 Å². The molecule has 0 bridgehead atoms. The number of ether oxygens (including phenoxy) is 2. The fraction of sp³-hybridized carbons (Fsp3) is 0.176. The third kappa shape index (κ3) is 2.83. The predicted molar refractivity (Wildman–Crippen MR) is 86.4 cm³/mol. The van der Waals surface area contributed by atoms with Crippen molar-refractivity contribution in [3.63, 3.8) is 0 Å². The van der Waals surface area contributed by atoms with Crippen molar-refractivity contribution in [3.05, 3.63) is 47.9 Å². The Morgan fingerprint density at radius 3 is 2.71 bits per heavy atom. The number of rotatable bonds is 5. The van der Waals surface area contributed by atoms with Gasteiger partial charge in [-0.1, -0.05) is 5.16 Å². The minimum atomic E-state index is -0.372. The zero-order chi connectivity index (χ0) is 17.1. The lowest BCUT2D eigenvalue weighted by atomic mass is 10.1. The van der Waals surface area contributed by atoms with Gasteiger partial charge in [0.15, 0.2) is 11.5 Å². The normalized spacial score (nSPS) is 10.5. The second kappa shape index (κ2) is 6.49. The first-order valence-electron chi connectivity index (χ1n) is 7.17. The van der Waals surface area contributed by atoms with E-state index in [0.29, 0.717) is 40.0 Å². The van der Waals surface area contributed by atoms with Gasteiger partial charge in [0.2, 0.25) is 0 Å². The smallest absolute Gasteiger partial charge is 0.261 e. The summed E-state index contributed by atoms with van der Waals surface area (Å²) in [6.07, 6.45) is 1.51. The van der Waals surface area contributed by atoms with Crippen LogP contribution in [0, 0.1) is 6.92 Å². The van der Waals surface area contributed by atoms with Crippen molar-refractivity contribution in [1.82, 2.24) is 5.16 Å². The number of nitrogens with zero attached hydrogens (tertiary/aromatic N) is 1. The summed E-state index contributed by atoms with van der Waals surface area (Å²) in [6, 6.07) is 8.54. The van der Waals surface area contributed by atoms with Crippen LogP contribution in [0.4, 0.5) is 5.69 Å². The van der Waals surface area contributed by atoms with Gasteiger partial charge in [-0.3, -0.25) is 4.79 Å². The number of anilines is 1. The van der Waals surface area contributed by atoms with E-state index in [2.05, 4.69) is 10.5 Å². The molecule has 0 aliphatic heterocycles. The molecule has 3 aromatic rings. The van der Waals surface area contributed by atoms with Gasteiger partial charge in [0, 0.05) is 6.07 Å². The van der Waals surface area contributed by atoms with Crippen LogP contribution >= 0.6 is 0 Å². The predicted octanol–water partition coefficient (Wildman–Crippen LogP) is 3.51. The van der Waals surface area contributed by atoms with Crippen LogP contribution in [0.2, 0.25) is 0 Å². The van der Waals surface area contributed by atoms with Crippen molar-refractivity contribution < 1.29 is 23.2 Å². The van der Waals surface area contributed by atoms with Crippen LogP contribution in [0.5, 0.6) is 11.5 Å². The van der Waals surface area contributed by atoms with E-state index in [-0.39, 0.29) is 5.91 Å². The first-order valence-corrected chi connectivity index (χ1v) is 7.17. The summed E-state index contributed by atoms with van der Waals surface area (Å²) in [5.41, 5.74) is 1.17.